The molecule has 2 aromatic heterocycles. The number of carbonyl (C=O) groups is 1. The van der Waals surface area contributed by atoms with E-state index in [1.807, 2.05) is 34.9 Å². The maximum absolute atomic E-state index is 15.0. The zero-order valence-corrected chi connectivity index (χ0v) is 22.9. The molecule has 0 bridgehead atoms. The van der Waals surface area contributed by atoms with Crippen molar-refractivity contribution in [2.75, 3.05) is 39.8 Å². The van der Waals surface area contributed by atoms with Gasteiger partial charge in [0.05, 0.1) is 28.6 Å². The summed E-state index contributed by atoms with van der Waals surface area (Å²) >= 11 is 1.50. The molecule has 4 aromatic rings. The Hall–Kier alpha value is -2.27. The molecule has 2 aliphatic heterocycles. The third kappa shape index (κ3) is 5.62. The highest BCUT2D eigenvalue weighted by atomic mass is 35.5. The molecule has 0 aliphatic carbocycles. The molecule has 7 nitrogen and oxygen atoms in total. The summed E-state index contributed by atoms with van der Waals surface area (Å²) in [6.07, 6.45) is 3.68. The van der Waals surface area contributed by atoms with Gasteiger partial charge in [-0.25, -0.2) is 9.37 Å². The topological polar surface area (TPSA) is 70.9 Å². The van der Waals surface area contributed by atoms with Crippen LogP contribution < -0.4 is 10.6 Å². The number of imidazole rings is 1. The number of hydrogen-bond acceptors (Lipinski definition) is 6. The van der Waals surface area contributed by atoms with Crippen molar-refractivity contribution >= 4 is 57.2 Å². The van der Waals surface area contributed by atoms with Crippen molar-refractivity contribution in [2.24, 2.45) is 0 Å². The van der Waals surface area contributed by atoms with Gasteiger partial charge < -0.3 is 20.3 Å². The summed E-state index contributed by atoms with van der Waals surface area (Å²) in [6.45, 7) is 4.14. The van der Waals surface area contributed by atoms with Gasteiger partial charge in [-0.1, -0.05) is 17.4 Å². The maximum Gasteiger partial charge on any atom is 0.251 e. The zero-order chi connectivity index (χ0) is 23.9. The minimum absolute atomic E-state index is 0. The Morgan fingerprint density at radius 2 is 2.00 bits per heavy atom. The third-order valence-electron chi connectivity index (χ3n) is 6.98. The average Bonchev–Trinajstić information content (AvgIpc) is 3.43. The Balaban J connectivity index is 0.00000160. The predicted molar refractivity (Wildman–Crippen MR) is 150 cm³/mol. The summed E-state index contributed by atoms with van der Waals surface area (Å²) < 4.78 is 23.7. The lowest BCUT2D eigenvalue weighted by molar-refractivity contribution is 0.0275. The number of fused-ring (bicyclic) bond motifs is 3. The van der Waals surface area contributed by atoms with Gasteiger partial charge in [-0.2, -0.15) is 0 Å². The molecule has 0 radical (unpaired) electrons. The minimum atomic E-state index is -0.306. The fourth-order valence-electron chi connectivity index (χ4n) is 4.91. The number of piperidine rings is 1. The van der Waals surface area contributed by atoms with Crippen LogP contribution in [0.15, 0.2) is 42.6 Å². The van der Waals surface area contributed by atoms with Gasteiger partial charge in [0.15, 0.2) is 4.96 Å². The molecule has 11 heteroatoms. The average molecular weight is 567 g/mol. The predicted octanol–water partition coefficient (Wildman–Crippen LogP) is 4.68. The highest BCUT2D eigenvalue weighted by molar-refractivity contribution is 7.23. The Bertz CT molecular complexity index is 1400. The van der Waals surface area contributed by atoms with E-state index >= 15 is 4.39 Å². The van der Waals surface area contributed by atoms with Crippen LogP contribution in [0.3, 0.4) is 0 Å². The van der Waals surface area contributed by atoms with Crippen LogP contribution >= 0.6 is 36.2 Å². The van der Waals surface area contributed by atoms with Crippen LogP contribution in [0, 0.1) is 5.82 Å². The first-order valence-corrected chi connectivity index (χ1v) is 12.9. The maximum atomic E-state index is 15.0. The van der Waals surface area contributed by atoms with E-state index in [2.05, 4.69) is 22.6 Å². The Morgan fingerprint density at radius 3 is 2.73 bits per heavy atom. The molecule has 2 aromatic carbocycles. The molecule has 2 N–H and O–H groups in total. The summed E-state index contributed by atoms with van der Waals surface area (Å²) in [4.78, 5) is 20.6. The highest BCUT2D eigenvalue weighted by Crippen LogP contribution is 2.32. The Morgan fingerprint density at radius 1 is 1.19 bits per heavy atom. The number of ether oxygens (including phenoxy) is 1. The van der Waals surface area contributed by atoms with Crippen molar-refractivity contribution in [1.29, 1.82) is 0 Å². The van der Waals surface area contributed by atoms with Crippen LogP contribution in [-0.2, 0) is 4.74 Å². The van der Waals surface area contributed by atoms with Gasteiger partial charge in [0.25, 0.3) is 5.91 Å². The van der Waals surface area contributed by atoms with Gasteiger partial charge in [-0.15, -0.1) is 24.8 Å². The molecule has 0 saturated carbocycles. The van der Waals surface area contributed by atoms with Gasteiger partial charge in [-0.05, 0) is 68.9 Å². The summed E-state index contributed by atoms with van der Waals surface area (Å²) in [5, 5.41) is 6.45. The number of nitrogens with one attached hydrogen (secondary N) is 2. The molecule has 37 heavy (non-hydrogen) atoms. The number of likely N-dealkylation sites (tertiary alicyclic amines) is 1. The third-order valence-corrected chi connectivity index (χ3v) is 8.00. The molecule has 4 heterocycles. The highest BCUT2D eigenvalue weighted by Gasteiger charge is 2.21. The normalized spacial score (nSPS) is 18.9. The fourth-order valence-corrected chi connectivity index (χ4v) is 5.96. The number of amides is 1. The first-order valence-electron chi connectivity index (χ1n) is 12.1. The number of halogens is 3. The summed E-state index contributed by atoms with van der Waals surface area (Å²) in [5.41, 5.74) is 3.50. The van der Waals surface area contributed by atoms with Crippen LogP contribution in [0.2, 0.25) is 0 Å². The molecule has 2 fully saturated rings. The summed E-state index contributed by atoms with van der Waals surface area (Å²) in [7, 11) is 2.11. The van der Waals surface area contributed by atoms with Gasteiger partial charge in [0.1, 0.15) is 5.82 Å². The Labute approximate surface area is 231 Å². The summed E-state index contributed by atoms with van der Waals surface area (Å²) in [6, 6.07) is 11.2. The second kappa shape index (κ2) is 11.6. The monoisotopic (exact) mass is 565 g/mol. The van der Waals surface area contributed by atoms with Gasteiger partial charge in [0, 0.05) is 36.5 Å². The van der Waals surface area contributed by atoms with Gasteiger partial charge >= 0.3 is 0 Å². The van der Waals surface area contributed by atoms with Crippen LogP contribution in [0.25, 0.3) is 26.4 Å². The quantitative estimate of drug-likeness (QED) is 0.376. The van der Waals surface area contributed by atoms with E-state index in [1.54, 1.807) is 12.1 Å². The lowest BCUT2D eigenvalue weighted by atomic mass is 10.0. The first kappa shape index (κ1) is 27.8. The van der Waals surface area contributed by atoms with Crippen molar-refractivity contribution in [3.05, 3.63) is 59.5 Å². The van der Waals surface area contributed by atoms with Crippen molar-refractivity contribution in [3.8, 4) is 11.3 Å². The smallest absolute Gasteiger partial charge is 0.251 e. The van der Waals surface area contributed by atoms with Crippen LogP contribution in [0.4, 0.5) is 4.39 Å². The molecule has 2 aliphatic rings. The van der Waals surface area contributed by atoms with Gasteiger partial charge in [0.2, 0.25) is 0 Å². The minimum Gasteiger partial charge on any atom is -0.371 e. The molecule has 1 amide bonds. The van der Waals surface area contributed by atoms with E-state index in [1.165, 1.54) is 11.3 Å². The summed E-state index contributed by atoms with van der Waals surface area (Å²) in [5.74, 6) is -0.341. The second-order valence-electron chi connectivity index (χ2n) is 9.42. The number of morpholine rings is 1. The van der Waals surface area contributed by atoms with Crippen molar-refractivity contribution in [3.63, 3.8) is 0 Å². The number of benzene rings is 2. The number of rotatable bonds is 4. The number of aromatic nitrogens is 2. The molecule has 2 saturated heterocycles. The zero-order valence-electron chi connectivity index (χ0n) is 20.4. The standard InChI is InChI=1S/C26H28FN5O2S.2ClH/c1-31-9-6-18(7-10-31)29-25(33)17-3-5-22-24(13-17)35-26-30-21(15-32(22)26)19-4-2-16(12-20(19)27)23-14-28-8-11-34-23;;/h2-5,12-13,15,18,23,28H,6-11,14H2,1H3,(H,29,33);2*1H. The van der Waals surface area contributed by atoms with E-state index in [9.17, 15) is 4.79 Å². The van der Waals surface area contributed by atoms with E-state index in [0.29, 0.717) is 30.0 Å². The van der Waals surface area contributed by atoms with Gasteiger partial charge in [-0.3, -0.25) is 9.20 Å². The SMILES string of the molecule is CN1CCC(NC(=O)c2ccc3c(c2)sc2nc(-c4ccc(C5CNCCO5)cc4F)cn23)CC1.Cl.Cl. The second-order valence-corrected chi connectivity index (χ2v) is 10.4. The number of carbonyl (C=O) groups excluding carboxylic acids is 1. The Kier molecular flexibility index (Phi) is 8.73. The molecular weight excluding hydrogens is 536 g/mol. The lowest BCUT2D eigenvalue weighted by Gasteiger charge is -2.29. The molecule has 6 rings (SSSR count). The lowest BCUT2D eigenvalue weighted by Crippen LogP contribution is -2.43. The van der Waals surface area contributed by atoms with E-state index in [4.69, 9.17) is 9.72 Å². The first-order chi connectivity index (χ1) is 17.0. The van der Waals surface area contributed by atoms with Crippen molar-refractivity contribution in [2.45, 2.75) is 25.0 Å². The number of thiazole rings is 1. The largest absolute Gasteiger partial charge is 0.371 e. The van der Waals surface area contributed by atoms with E-state index in [-0.39, 0.29) is 48.7 Å². The van der Waals surface area contributed by atoms with E-state index < -0.39 is 0 Å². The van der Waals surface area contributed by atoms with Crippen molar-refractivity contribution < 1.29 is 13.9 Å². The molecule has 0 spiro atoms. The number of hydrogen-bond donors (Lipinski definition) is 2. The van der Waals surface area contributed by atoms with Crippen LogP contribution in [0.1, 0.15) is 34.9 Å². The fraction of sp³-hybridized carbons (Fsp3) is 0.385. The van der Waals surface area contributed by atoms with E-state index in [0.717, 1.165) is 53.2 Å². The van der Waals surface area contributed by atoms with Crippen LogP contribution in [-0.4, -0.2) is 66.1 Å². The van der Waals surface area contributed by atoms with Crippen molar-refractivity contribution in [1.82, 2.24) is 24.9 Å². The molecule has 198 valence electrons. The molecule has 1 atom stereocenters. The molecular formula is C26H30Cl2FN5O2S. The molecule has 1 unspecified atom stereocenters. The number of nitrogens with zero attached hydrogens (tertiary/aromatic N) is 3. The van der Waals surface area contributed by atoms with Crippen LogP contribution in [0.5, 0.6) is 0 Å².